The molecule has 4 N–H and O–H groups in total. The van der Waals surface area contributed by atoms with Gasteiger partial charge in [-0.2, -0.15) is 0 Å². The SMILES string of the molecule is C=C(N)c1ccc(-c2cccc3cnc(Nc4ccc(C5CCNCC5)c5c4OCC5)nc23)c(CC)c1. The maximum absolute atomic E-state index is 6.12. The molecule has 0 atom stereocenters. The molecular weight excluding hydrogens is 458 g/mol. The summed E-state index contributed by atoms with van der Waals surface area (Å²) in [6, 6.07) is 16.9. The van der Waals surface area contributed by atoms with Crippen LogP contribution in [0, 0.1) is 0 Å². The number of fused-ring (bicyclic) bond motifs is 2. The normalized spacial score (nSPS) is 15.4. The third kappa shape index (κ3) is 4.42. The molecule has 0 saturated carbocycles. The molecule has 1 saturated heterocycles. The number of benzene rings is 3. The first-order valence-corrected chi connectivity index (χ1v) is 13.2. The lowest BCUT2D eigenvalue weighted by Gasteiger charge is -2.25. The minimum absolute atomic E-state index is 0.567. The van der Waals surface area contributed by atoms with E-state index in [1.807, 2.05) is 12.3 Å². The topological polar surface area (TPSA) is 85.1 Å². The van der Waals surface area contributed by atoms with Crippen molar-refractivity contribution in [1.82, 2.24) is 15.3 Å². The van der Waals surface area contributed by atoms with E-state index in [0.717, 1.165) is 71.6 Å². The number of rotatable bonds is 6. The minimum Gasteiger partial charge on any atom is -0.491 e. The van der Waals surface area contributed by atoms with Gasteiger partial charge >= 0.3 is 0 Å². The van der Waals surface area contributed by atoms with Gasteiger partial charge in [0.15, 0.2) is 0 Å². The van der Waals surface area contributed by atoms with E-state index < -0.39 is 0 Å². The molecule has 0 bridgehead atoms. The van der Waals surface area contributed by atoms with Crippen molar-refractivity contribution >= 4 is 28.2 Å². The van der Waals surface area contributed by atoms with Gasteiger partial charge in [0.05, 0.1) is 17.8 Å². The van der Waals surface area contributed by atoms with Gasteiger partial charge in [-0.1, -0.05) is 49.9 Å². The second-order valence-corrected chi connectivity index (χ2v) is 9.95. The monoisotopic (exact) mass is 491 g/mol. The van der Waals surface area contributed by atoms with Gasteiger partial charge in [-0.15, -0.1) is 0 Å². The Bertz CT molecular complexity index is 1490. The van der Waals surface area contributed by atoms with E-state index in [0.29, 0.717) is 17.6 Å². The Morgan fingerprint density at radius 3 is 2.81 bits per heavy atom. The van der Waals surface area contributed by atoms with Gasteiger partial charge in [0.25, 0.3) is 0 Å². The molecule has 188 valence electrons. The number of para-hydroxylation sites is 1. The lowest BCUT2D eigenvalue weighted by molar-refractivity contribution is 0.358. The van der Waals surface area contributed by atoms with E-state index in [2.05, 4.69) is 71.6 Å². The Morgan fingerprint density at radius 1 is 1.14 bits per heavy atom. The summed E-state index contributed by atoms with van der Waals surface area (Å²) in [6.07, 6.45) is 6.08. The zero-order valence-electron chi connectivity index (χ0n) is 21.3. The summed E-state index contributed by atoms with van der Waals surface area (Å²) in [6.45, 7) is 8.94. The third-order valence-corrected chi connectivity index (χ3v) is 7.68. The first-order chi connectivity index (χ1) is 18.1. The fourth-order valence-corrected chi connectivity index (χ4v) is 5.74. The molecule has 3 heterocycles. The fraction of sp³-hybridized carbons (Fsp3) is 0.290. The van der Waals surface area contributed by atoms with Crippen molar-refractivity contribution < 1.29 is 4.74 Å². The number of nitrogens with two attached hydrogens (primary N) is 1. The first-order valence-electron chi connectivity index (χ1n) is 13.2. The van der Waals surface area contributed by atoms with Crippen LogP contribution in [0.4, 0.5) is 11.6 Å². The minimum atomic E-state index is 0.567. The summed E-state index contributed by atoms with van der Waals surface area (Å²) in [5.74, 6) is 2.12. The average Bonchev–Trinajstić information content (AvgIpc) is 3.43. The van der Waals surface area contributed by atoms with Crippen molar-refractivity contribution in [2.45, 2.75) is 38.5 Å². The van der Waals surface area contributed by atoms with Gasteiger partial charge in [0.1, 0.15) is 5.75 Å². The molecule has 6 heteroatoms. The Morgan fingerprint density at radius 2 is 2.00 bits per heavy atom. The standard InChI is InChI=1S/C31H33N5O/c1-3-20-17-22(19(2)32)7-8-24(20)26-6-4-5-23-18-34-31(36-29(23)26)35-28-10-9-25(21-11-14-33-15-12-21)27-13-16-37-30(27)28/h4-10,17-18,21,33H,2-3,11-16,32H2,1H3,(H,34,35,36). The van der Waals surface area contributed by atoms with Gasteiger partial charge in [0.2, 0.25) is 5.95 Å². The van der Waals surface area contributed by atoms with Crippen molar-refractivity contribution in [3.05, 3.63) is 83.6 Å². The molecular formula is C31H33N5O. The summed E-state index contributed by atoms with van der Waals surface area (Å²) >= 11 is 0. The highest BCUT2D eigenvalue weighted by molar-refractivity contribution is 5.95. The predicted molar refractivity (Wildman–Crippen MR) is 151 cm³/mol. The number of nitrogens with one attached hydrogen (secondary N) is 2. The molecule has 4 aromatic rings. The zero-order chi connectivity index (χ0) is 25.4. The number of hydrogen-bond donors (Lipinski definition) is 3. The summed E-state index contributed by atoms with van der Waals surface area (Å²) in [7, 11) is 0. The van der Waals surface area contributed by atoms with Crippen LogP contribution < -0.4 is 21.1 Å². The molecule has 2 aliphatic rings. The van der Waals surface area contributed by atoms with E-state index in [1.54, 1.807) is 0 Å². The van der Waals surface area contributed by atoms with E-state index >= 15 is 0 Å². The largest absolute Gasteiger partial charge is 0.491 e. The number of hydrogen-bond acceptors (Lipinski definition) is 6. The van der Waals surface area contributed by atoms with E-state index in [4.69, 9.17) is 15.5 Å². The maximum Gasteiger partial charge on any atom is 0.227 e. The van der Waals surface area contributed by atoms with Crippen LogP contribution in [0.3, 0.4) is 0 Å². The second-order valence-electron chi connectivity index (χ2n) is 9.95. The van der Waals surface area contributed by atoms with Crippen molar-refractivity contribution in [3.8, 4) is 16.9 Å². The van der Waals surface area contributed by atoms with Gasteiger partial charge in [-0.3, -0.25) is 0 Å². The summed E-state index contributed by atoms with van der Waals surface area (Å²) in [5.41, 5.74) is 15.6. The molecule has 1 fully saturated rings. The fourth-order valence-electron chi connectivity index (χ4n) is 5.74. The van der Waals surface area contributed by atoms with Gasteiger partial charge in [-0.25, -0.2) is 9.97 Å². The molecule has 1 aromatic heterocycles. The van der Waals surface area contributed by atoms with Crippen LogP contribution in [0.1, 0.15) is 47.9 Å². The highest BCUT2D eigenvalue weighted by atomic mass is 16.5. The smallest absolute Gasteiger partial charge is 0.227 e. The molecule has 0 amide bonds. The average molecular weight is 492 g/mol. The Kier molecular flexibility index (Phi) is 6.26. The molecule has 0 aliphatic carbocycles. The molecule has 2 aliphatic heterocycles. The Balaban J connectivity index is 1.37. The maximum atomic E-state index is 6.12. The number of aromatic nitrogens is 2. The Labute approximate surface area is 218 Å². The summed E-state index contributed by atoms with van der Waals surface area (Å²) < 4.78 is 6.12. The van der Waals surface area contributed by atoms with Crippen LogP contribution >= 0.6 is 0 Å². The lowest BCUT2D eigenvalue weighted by Crippen LogP contribution is -2.27. The van der Waals surface area contributed by atoms with E-state index in [1.165, 1.54) is 29.5 Å². The van der Waals surface area contributed by atoms with Gasteiger partial charge in [0, 0.05) is 34.8 Å². The van der Waals surface area contributed by atoms with Crippen molar-refractivity contribution in [3.63, 3.8) is 0 Å². The van der Waals surface area contributed by atoms with E-state index in [-0.39, 0.29) is 0 Å². The number of aryl methyl sites for hydroxylation is 1. The van der Waals surface area contributed by atoms with Gasteiger partial charge in [-0.05, 0) is 72.7 Å². The number of piperidine rings is 1. The van der Waals surface area contributed by atoms with Crippen LogP contribution in [0.5, 0.6) is 5.75 Å². The highest BCUT2D eigenvalue weighted by Gasteiger charge is 2.26. The van der Waals surface area contributed by atoms with Crippen LogP contribution in [-0.4, -0.2) is 29.7 Å². The van der Waals surface area contributed by atoms with Gasteiger partial charge < -0.3 is 21.1 Å². The summed E-state index contributed by atoms with van der Waals surface area (Å²) in [5, 5.41) is 7.94. The molecule has 3 aromatic carbocycles. The predicted octanol–water partition coefficient (Wildman–Crippen LogP) is 5.93. The van der Waals surface area contributed by atoms with Crippen LogP contribution in [0.15, 0.2) is 61.3 Å². The van der Waals surface area contributed by atoms with Crippen molar-refractivity contribution in [2.24, 2.45) is 5.73 Å². The van der Waals surface area contributed by atoms with Crippen LogP contribution in [0.25, 0.3) is 27.7 Å². The molecule has 6 rings (SSSR count). The quantitative estimate of drug-likeness (QED) is 0.310. The van der Waals surface area contributed by atoms with Crippen LogP contribution in [0.2, 0.25) is 0 Å². The van der Waals surface area contributed by atoms with Crippen molar-refractivity contribution in [2.75, 3.05) is 25.0 Å². The second kappa shape index (κ2) is 9.87. The van der Waals surface area contributed by atoms with Crippen LogP contribution in [-0.2, 0) is 12.8 Å². The Hall–Kier alpha value is -3.90. The first kappa shape index (κ1) is 23.5. The molecule has 0 unspecified atom stereocenters. The third-order valence-electron chi connectivity index (χ3n) is 7.68. The molecule has 6 nitrogen and oxygen atoms in total. The van der Waals surface area contributed by atoms with E-state index in [9.17, 15) is 0 Å². The summed E-state index contributed by atoms with van der Waals surface area (Å²) in [4.78, 5) is 9.63. The zero-order valence-corrected chi connectivity index (χ0v) is 21.3. The lowest BCUT2D eigenvalue weighted by atomic mass is 9.86. The highest BCUT2D eigenvalue weighted by Crippen LogP contribution is 2.42. The molecule has 37 heavy (non-hydrogen) atoms. The number of nitrogens with zero attached hydrogens (tertiary/aromatic N) is 2. The number of ether oxygens (including phenoxy) is 1. The molecule has 0 radical (unpaired) electrons. The van der Waals surface area contributed by atoms with Crippen molar-refractivity contribution in [1.29, 1.82) is 0 Å². The number of anilines is 2. The molecule has 0 spiro atoms.